The summed E-state index contributed by atoms with van der Waals surface area (Å²) in [6, 6.07) is 13.9. The highest BCUT2D eigenvalue weighted by atomic mass is 16.5. The van der Waals surface area contributed by atoms with Crippen molar-refractivity contribution in [2.75, 3.05) is 0 Å². The highest BCUT2D eigenvalue weighted by molar-refractivity contribution is 5.90. The van der Waals surface area contributed by atoms with Gasteiger partial charge < -0.3 is 14.9 Å². The maximum atomic E-state index is 11.1. The number of hydrogen-bond acceptors (Lipinski definition) is 4. The fraction of sp³-hybridized carbons (Fsp3) is 0.0556. The first-order valence-corrected chi connectivity index (χ1v) is 6.80. The van der Waals surface area contributed by atoms with E-state index in [1.165, 1.54) is 31.2 Å². The predicted molar refractivity (Wildman–Crippen MR) is 87.3 cm³/mol. The molecule has 6 nitrogen and oxygen atoms in total. The number of benzene rings is 2. The number of carbonyl (C=O) groups is 3. The van der Waals surface area contributed by atoms with Gasteiger partial charge in [0.15, 0.2) is 0 Å². The largest absolute Gasteiger partial charge is 0.478 e. The average molecular weight is 328 g/mol. The quantitative estimate of drug-likeness (QED) is 0.507. The van der Waals surface area contributed by atoms with Crippen LogP contribution in [0.25, 0.3) is 0 Å². The SMILES string of the molecule is C=C(C)C(=O)Oc1ccc(C(=O)O)cc1.O=C(O)c1ccccc1. The highest BCUT2D eigenvalue weighted by Crippen LogP contribution is 2.13. The van der Waals surface area contributed by atoms with E-state index in [9.17, 15) is 14.4 Å². The van der Waals surface area contributed by atoms with Gasteiger partial charge in [-0.3, -0.25) is 0 Å². The minimum absolute atomic E-state index is 0.144. The number of carboxylic acid groups (broad SMARTS) is 2. The van der Waals surface area contributed by atoms with Gasteiger partial charge in [0.05, 0.1) is 11.1 Å². The lowest BCUT2D eigenvalue weighted by atomic mass is 10.2. The van der Waals surface area contributed by atoms with E-state index in [2.05, 4.69) is 6.58 Å². The van der Waals surface area contributed by atoms with Crippen molar-refractivity contribution >= 4 is 17.9 Å². The molecule has 0 aliphatic rings. The van der Waals surface area contributed by atoms with Gasteiger partial charge in [0, 0.05) is 5.57 Å². The van der Waals surface area contributed by atoms with Crippen molar-refractivity contribution in [3.8, 4) is 5.75 Å². The predicted octanol–water partition coefficient (Wildman–Crippen LogP) is 3.25. The number of hydrogen-bond donors (Lipinski definition) is 2. The summed E-state index contributed by atoms with van der Waals surface area (Å²) in [6.07, 6.45) is 0. The zero-order valence-corrected chi connectivity index (χ0v) is 12.9. The Bertz CT molecular complexity index is 732. The molecule has 0 saturated carbocycles. The maximum absolute atomic E-state index is 11.1. The third kappa shape index (κ3) is 6.15. The molecule has 2 N–H and O–H groups in total. The van der Waals surface area contributed by atoms with E-state index < -0.39 is 17.9 Å². The second-order valence-corrected chi connectivity index (χ2v) is 4.67. The molecule has 0 aliphatic heterocycles. The molecule has 0 aromatic heterocycles. The van der Waals surface area contributed by atoms with E-state index in [4.69, 9.17) is 14.9 Å². The minimum Gasteiger partial charge on any atom is -0.478 e. The van der Waals surface area contributed by atoms with Gasteiger partial charge in [-0.2, -0.15) is 0 Å². The topological polar surface area (TPSA) is 101 Å². The van der Waals surface area contributed by atoms with Gasteiger partial charge in [-0.05, 0) is 43.3 Å². The van der Waals surface area contributed by atoms with Crippen LogP contribution in [-0.2, 0) is 4.79 Å². The molecule has 2 aromatic rings. The fourth-order valence-corrected chi connectivity index (χ4v) is 1.44. The molecular weight excluding hydrogens is 312 g/mol. The Morgan fingerprint density at radius 1 is 0.833 bits per heavy atom. The second kappa shape index (κ2) is 8.89. The first kappa shape index (κ1) is 18.6. The third-order valence-electron chi connectivity index (χ3n) is 2.68. The molecule has 0 radical (unpaired) electrons. The third-order valence-corrected chi connectivity index (χ3v) is 2.68. The molecule has 0 spiro atoms. The maximum Gasteiger partial charge on any atom is 0.338 e. The summed E-state index contributed by atoms with van der Waals surface area (Å²) in [6.45, 7) is 4.96. The first-order valence-electron chi connectivity index (χ1n) is 6.80. The molecule has 24 heavy (non-hydrogen) atoms. The van der Waals surface area contributed by atoms with Gasteiger partial charge in [0.1, 0.15) is 5.75 Å². The summed E-state index contributed by atoms with van der Waals surface area (Å²) in [7, 11) is 0. The van der Waals surface area contributed by atoms with Crippen molar-refractivity contribution in [1.29, 1.82) is 0 Å². The summed E-state index contributed by atoms with van der Waals surface area (Å²) in [5.74, 6) is -2.13. The van der Waals surface area contributed by atoms with Gasteiger partial charge in [-0.25, -0.2) is 14.4 Å². The lowest BCUT2D eigenvalue weighted by Gasteiger charge is -2.03. The molecule has 0 unspecified atom stereocenters. The summed E-state index contributed by atoms with van der Waals surface area (Å²) < 4.78 is 4.88. The van der Waals surface area contributed by atoms with Crippen LogP contribution in [0.5, 0.6) is 5.75 Å². The van der Waals surface area contributed by atoms with Crippen molar-refractivity contribution in [3.05, 3.63) is 77.9 Å². The molecule has 0 bridgehead atoms. The van der Waals surface area contributed by atoms with Gasteiger partial charge >= 0.3 is 17.9 Å². The normalized spacial score (nSPS) is 9.21. The number of ether oxygens (including phenoxy) is 1. The Hall–Kier alpha value is -3.41. The molecule has 0 heterocycles. The van der Waals surface area contributed by atoms with Crippen molar-refractivity contribution in [2.24, 2.45) is 0 Å². The van der Waals surface area contributed by atoms with E-state index in [-0.39, 0.29) is 11.1 Å². The van der Waals surface area contributed by atoms with Crippen molar-refractivity contribution in [3.63, 3.8) is 0 Å². The lowest BCUT2D eigenvalue weighted by molar-refractivity contribution is -0.130. The van der Waals surface area contributed by atoms with Gasteiger partial charge in [0.25, 0.3) is 0 Å². The molecule has 0 aliphatic carbocycles. The van der Waals surface area contributed by atoms with E-state index in [1.807, 2.05) is 0 Å². The van der Waals surface area contributed by atoms with Crippen LogP contribution in [0, 0.1) is 0 Å². The Morgan fingerprint density at radius 3 is 1.67 bits per heavy atom. The van der Waals surface area contributed by atoms with Gasteiger partial charge in [0.2, 0.25) is 0 Å². The van der Waals surface area contributed by atoms with Crippen LogP contribution in [0.15, 0.2) is 66.7 Å². The van der Waals surface area contributed by atoms with Crippen molar-refractivity contribution < 1.29 is 29.3 Å². The van der Waals surface area contributed by atoms with E-state index in [1.54, 1.807) is 30.3 Å². The highest BCUT2D eigenvalue weighted by Gasteiger charge is 2.06. The Balaban J connectivity index is 0.000000272. The van der Waals surface area contributed by atoms with Crippen molar-refractivity contribution in [1.82, 2.24) is 0 Å². The Morgan fingerprint density at radius 2 is 1.29 bits per heavy atom. The van der Waals surface area contributed by atoms with E-state index >= 15 is 0 Å². The Labute approximate surface area is 138 Å². The van der Waals surface area contributed by atoms with Crippen LogP contribution in [0.3, 0.4) is 0 Å². The van der Waals surface area contributed by atoms with Gasteiger partial charge in [-0.1, -0.05) is 24.8 Å². The molecule has 6 heteroatoms. The summed E-state index contributed by atoms with van der Waals surface area (Å²) in [5, 5.41) is 17.0. The molecule has 0 atom stereocenters. The summed E-state index contributed by atoms with van der Waals surface area (Å²) in [5.41, 5.74) is 0.764. The lowest BCUT2D eigenvalue weighted by Crippen LogP contribution is -2.08. The van der Waals surface area contributed by atoms with Crippen molar-refractivity contribution in [2.45, 2.75) is 6.92 Å². The molecule has 2 aromatic carbocycles. The van der Waals surface area contributed by atoms with Crippen LogP contribution < -0.4 is 4.74 Å². The number of carbonyl (C=O) groups excluding carboxylic acids is 1. The molecular formula is C18H16O6. The molecule has 2 rings (SSSR count). The molecule has 0 amide bonds. The zero-order valence-electron chi connectivity index (χ0n) is 12.9. The van der Waals surface area contributed by atoms with Gasteiger partial charge in [-0.15, -0.1) is 0 Å². The van der Waals surface area contributed by atoms with Crippen LogP contribution in [0.2, 0.25) is 0 Å². The van der Waals surface area contributed by atoms with E-state index in [0.717, 1.165) is 0 Å². The summed E-state index contributed by atoms with van der Waals surface area (Å²) in [4.78, 5) is 31.8. The summed E-state index contributed by atoms with van der Waals surface area (Å²) >= 11 is 0. The molecule has 124 valence electrons. The second-order valence-electron chi connectivity index (χ2n) is 4.67. The number of aromatic carboxylic acids is 2. The number of rotatable bonds is 4. The standard InChI is InChI=1S/C11H10O4.C7H6O2/c1-7(2)11(14)15-9-5-3-8(4-6-9)10(12)13;8-7(9)6-4-2-1-3-5-6/h3-6H,1H2,2H3,(H,12,13);1-5H,(H,8,9). The molecule has 0 saturated heterocycles. The Kier molecular flexibility index (Phi) is 6.91. The fourth-order valence-electron chi connectivity index (χ4n) is 1.44. The van der Waals surface area contributed by atoms with Crippen LogP contribution in [0.1, 0.15) is 27.6 Å². The van der Waals surface area contributed by atoms with Crippen LogP contribution >= 0.6 is 0 Å². The smallest absolute Gasteiger partial charge is 0.338 e. The van der Waals surface area contributed by atoms with Crippen LogP contribution in [-0.4, -0.2) is 28.1 Å². The number of carboxylic acids is 2. The number of esters is 1. The zero-order chi connectivity index (χ0) is 18.1. The minimum atomic E-state index is -1.02. The average Bonchev–Trinajstić information content (AvgIpc) is 2.56. The first-order chi connectivity index (χ1) is 11.3. The van der Waals surface area contributed by atoms with Crippen LogP contribution in [0.4, 0.5) is 0 Å². The molecule has 0 fully saturated rings. The monoisotopic (exact) mass is 328 g/mol. The van der Waals surface area contributed by atoms with E-state index in [0.29, 0.717) is 11.3 Å².